The van der Waals surface area contributed by atoms with Gasteiger partial charge in [-0.3, -0.25) is 4.79 Å². The summed E-state index contributed by atoms with van der Waals surface area (Å²) in [5.74, 6) is 0.0461. The summed E-state index contributed by atoms with van der Waals surface area (Å²) < 4.78 is 5.25. The molecule has 19 heavy (non-hydrogen) atoms. The third-order valence-corrected chi connectivity index (χ3v) is 3.62. The van der Waals surface area contributed by atoms with Gasteiger partial charge < -0.3 is 14.6 Å². The van der Waals surface area contributed by atoms with E-state index in [0.29, 0.717) is 11.1 Å². The van der Waals surface area contributed by atoms with Crippen LogP contribution in [-0.4, -0.2) is 41.0 Å². The maximum Gasteiger partial charge on any atom is 0.254 e. The number of hydrogen-bond acceptors (Lipinski definition) is 4. The van der Waals surface area contributed by atoms with Crippen molar-refractivity contribution in [2.24, 2.45) is 0 Å². The van der Waals surface area contributed by atoms with E-state index in [1.807, 2.05) is 17.0 Å². The van der Waals surface area contributed by atoms with Crippen LogP contribution in [0.25, 0.3) is 11.1 Å². The van der Waals surface area contributed by atoms with E-state index in [2.05, 4.69) is 24.1 Å². The Morgan fingerprint density at radius 2 is 2.32 bits per heavy atom. The van der Waals surface area contributed by atoms with Gasteiger partial charge in [0.1, 0.15) is 5.52 Å². The highest BCUT2D eigenvalue weighted by Crippen LogP contribution is 2.21. The molecule has 1 saturated heterocycles. The third-order valence-electron chi connectivity index (χ3n) is 3.62. The van der Waals surface area contributed by atoms with Crippen molar-refractivity contribution in [3.05, 3.63) is 30.2 Å². The Morgan fingerprint density at radius 1 is 1.47 bits per heavy atom. The van der Waals surface area contributed by atoms with Gasteiger partial charge in [0.15, 0.2) is 12.0 Å². The van der Waals surface area contributed by atoms with Crippen molar-refractivity contribution >= 4 is 17.0 Å². The summed E-state index contributed by atoms with van der Waals surface area (Å²) in [6, 6.07) is 5.40. The predicted octanol–water partition coefficient (Wildman–Crippen LogP) is 1.65. The van der Waals surface area contributed by atoms with Crippen LogP contribution in [0.3, 0.4) is 0 Å². The largest absolute Gasteiger partial charge is 0.443 e. The number of benzene rings is 1. The van der Waals surface area contributed by atoms with Gasteiger partial charge in [0.25, 0.3) is 5.91 Å². The van der Waals surface area contributed by atoms with Crippen LogP contribution in [0.15, 0.2) is 29.0 Å². The van der Waals surface area contributed by atoms with Gasteiger partial charge >= 0.3 is 0 Å². The number of nitrogens with zero attached hydrogens (tertiary/aromatic N) is 2. The van der Waals surface area contributed by atoms with Gasteiger partial charge in [-0.15, -0.1) is 0 Å². The second-order valence-electron chi connectivity index (χ2n) is 5.48. The number of piperazine rings is 1. The second-order valence-corrected chi connectivity index (χ2v) is 5.48. The quantitative estimate of drug-likeness (QED) is 0.846. The molecule has 1 amide bonds. The van der Waals surface area contributed by atoms with E-state index in [1.165, 1.54) is 6.39 Å². The molecule has 100 valence electrons. The number of oxazole rings is 1. The maximum absolute atomic E-state index is 12.6. The molecule has 2 heterocycles. The van der Waals surface area contributed by atoms with E-state index in [0.717, 1.165) is 25.2 Å². The van der Waals surface area contributed by atoms with Crippen LogP contribution >= 0.6 is 0 Å². The van der Waals surface area contributed by atoms with E-state index in [9.17, 15) is 4.79 Å². The zero-order valence-corrected chi connectivity index (χ0v) is 11.1. The lowest BCUT2D eigenvalue weighted by molar-refractivity contribution is 0.0477. The Bertz CT molecular complexity index is 618. The fourth-order valence-electron chi connectivity index (χ4n) is 2.50. The molecule has 0 radical (unpaired) electrons. The van der Waals surface area contributed by atoms with Gasteiger partial charge in [0.2, 0.25) is 0 Å². The molecule has 5 nitrogen and oxygen atoms in total. The molecular weight excluding hydrogens is 242 g/mol. The van der Waals surface area contributed by atoms with Crippen molar-refractivity contribution in [1.29, 1.82) is 0 Å². The van der Waals surface area contributed by atoms with E-state index in [1.54, 1.807) is 6.07 Å². The molecule has 0 spiro atoms. The van der Waals surface area contributed by atoms with Gasteiger partial charge in [-0.05, 0) is 32.0 Å². The van der Waals surface area contributed by atoms with Crippen LogP contribution in [0, 0.1) is 0 Å². The van der Waals surface area contributed by atoms with Gasteiger partial charge in [-0.1, -0.05) is 0 Å². The highest BCUT2D eigenvalue weighted by Gasteiger charge is 2.33. The standard InChI is InChI=1S/C14H17N3O2/c1-14(2)8-15-5-6-17(14)13(18)10-3-4-11-12(7-10)19-9-16-11/h3-4,7,9,15H,5-6,8H2,1-2H3. The number of aromatic nitrogens is 1. The normalized spacial score (nSPS) is 18.7. The van der Waals surface area contributed by atoms with Crippen molar-refractivity contribution < 1.29 is 9.21 Å². The molecule has 1 aromatic heterocycles. The molecule has 1 aliphatic rings. The summed E-state index contributed by atoms with van der Waals surface area (Å²) in [6.45, 7) is 6.51. The maximum atomic E-state index is 12.6. The lowest BCUT2D eigenvalue weighted by Crippen LogP contribution is -2.59. The number of nitrogens with one attached hydrogen (secondary N) is 1. The molecule has 0 aliphatic carbocycles. The predicted molar refractivity (Wildman–Crippen MR) is 72.0 cm³/mol. The first-order chi connectivity index (χ1) is 9.08. The highest BCUT2D eigenvalue weighted by atomic mass is 16.3. The summed E-state index contributed by atoms with van der Waals surface area (Å²) in [4.78, 5) is 18.6. The van der Waals surface area contributed by atoms with Crippen LogP contribution in [0.1, 0.15) is 24.2 Å². The summed E-state index contributed by atoms with van der Waals surface area (Å²) in [7, 11) is 0. The van der Waals surface area contributed by atoms with E-state index >= 15 is 0 Å². The Morgan fingerprint density at radius 3 is 3.11 bits per heavy atom. The van der Waals surface area contributed by atoms with E-state index in [-0.39, 0.29) is 11.4 Å². The topological polar surface area (TPSA) is 58.4 Å². The number of fused-ring (bicyclic) bond motifs is 1. The van der Waals surface area contributed by atoms with Gasteiger partial charge in [0, 0.05) is 25.2 Å². The summed E-state index contributed by atoms with van der Waals surface area (Å²) in [5.41, 5.74) is 1.90. The molecule has 0 unspecified atom stereocenters. The van der Waals surface area contributed by atoms with Crippen molar-refractivity contribution in [3.8, 4) is 0 Å². The van der Waals surface area contributed by atoms with E-state index in [4.69, 9.17) is 4.42 Å². The number of carbonyl (C=O) groups is 1. The summed E-state index contributed by atoms with van der Waals surface area (Å²) in [5, 5.41) is 3.31. The smallest absolute Gasteiger partial charge is 0.254 e. The second kappa shape index (κ2) is 4.35. The number of rotatable bonds is 1. The summed E-state index contributed by atoms with van der Waals surface area (Å²) in [6.07, 6.45) is 1.40. The fraction of sp³-hybridized carbons (Fsp3) is 0.429. The highest BCUT2D eigenvalue weighted by molar-refractivity contribution is 5.97. The van der Waals surface area contributed by atoms with Crippen LogP contribution in [0.5, 0.6) is 0 Å². The van der Waals surface area contributed by atoms with Gasteiger partial charge in [-0.2, -0.15) is 0 Å². The molecule has 1 N–H and O–H groups in total. The zero-order chi connectivity index (χ0) is 13.5. The van der Waals surface area contributed by atoms with Crippen molar-refractivity contribution in [2.75, 3.05) is 19.6 Å². The monoisotopic (exact) mass is 259 g/mol. The van der Waals surface area contributed by atoms with Crippen LogP contribution in [0.2, 0.25) is 0 Å². The molecule has 0 saturated carbocycles. The summed E-state index contributed by atoms with van der Waals surface area (Å²) >= 11 is 0. The Balaban J connectivity index is 1.94. The molecule has 0 bridgehead atoms. The minimum Gasteiger partial charge on any atom is -0.443 e. The van der Waals surface area contributed by atoms with Crippen molar-refractivity contribution in [3.63, 3.8) is 0 Å². The number of hydrogen-bond donors (Lipinski definition) is 1. The SMILES string of the molecule is CC1(C)CNCCN1C(=O)c1ccc2ncoc2c1. The average molecular weight is 259 g/mol. The molecule has 1 aliphatic heterocycles. The molecule has 1 fully saturated rings. The van der Waals surface area contributed by atoms with Gasteiger partial charge in [-0.25, -0.2) is 4.98 Å². The van der Waals surface area contributed by atoms with Crippen LogP contribution in [-0.2, 0) is 0 Å². The molecule has 5 heteroatoms. The number of carbonyl (C=O) groups excluding carboxylic acids is 1. The number of amides is 1. The Kier molecular flexibility index (Phi) is 2.78. The van der Waals surface area contributed by atoms with Gasteiger partial charge in [0.05, 0.1) is 5.54 Å². The molecule has 1 aromatic carbocycles. The third kappa shape index (κ3) is 2.10. The Hall–Kier alpha value is -1.88. The fourth-order valence-corrected chi connectivity index (χ4v) is 2.50. The minimum absolute atomic E-state index is 0.0461. The van der Waals surface area contributed by atoms with Crippen molar-refractivity contribution in [2.45, 2.75) is 19.4 Å². The van der Waals surface area contributed by atoms with Crippen molar-refractivity contribution in [1.82, 2.24) is 15.2 Å². The average Bonchev–Trinajstić information content (AvgIpc) is 2.84. The van der Waals surface area contributed by atoms with Crippen LogP contribution in [0.4, 0.5) is 0 Å². The zero-order valence-electron chi connectivity index (χ0n) is 11.1. The molecular formula is C14H17N3O2. The molecule has 2 aromatic rings. The van der Waals surface area contributed by atoms with Crippen LogP contribution < -0.4 is 5.32 Å². The van der Waals surface area contributed by atoms with E-state index < -0.39 is 0 Å². The molecule has 0 atom stereocenters. The first kappa shape index (κ1) is 12.2. The lowest BCUT2D eigenvalue weighted by Gasteiger charge is -2.42. The molecule has 3 rings (SSSR count). The minimum atomic E-state index is -0.175. The first-order valence-electron chi connectivity index (χ1n) is 6.44. The first-order valence-corrected chi connectivity index (χ1v) is 6.44. The lowest BCUT2D eigenvalue weighted by atomic mass is 9.98. The Labute approximate surface area is 111 Å².